The topological polar surface area (TPSA) is 64.7 Å². The van der Waals surface area contributed by atoms with E-state index in [9.17, 15) is 4.79 Å². The summed E-state index contributed by atoms with van der Waals surface area (Å²) in [5, 5.41) is 12.8. The van der Waals surface area contributed by atoms with Crippen molar-refractivity contribution in [2.45, 2.75) is 26.9 Å². The fourth-order valence-electron chi connectivity index (χ4n) is 2.48. The summed E-state index contributed by atoms with van der Waals surface area (Å²) in [4.78, 5) is 12.3. The van der Waals surface area contributed by atoms with Crippen molar-refractivity contribution in [2.75, 3.05) is 5.32 Å². The summed E-state index contributed by atoms with van der Waals surface area (Å²) in [6.07, 6.45) is 1.66. The third-order valence-corrected chi connectivity index (χ3v) is 4.89. The Morgan fingerprint density at radius 2 is 1.81 bits per heavy atom. The van der Waals surface area contributed by atoms with E-state index >= 15 is 0 Å². The van der Waals surface area contributed by atoms with Gasteiger partial charge in [-0.2, -0.15) is 10.2 Å². The van der Waals surface area contributed by atoms with Crippen molar-refractivity contribution in [3.63, 3.8) is 0 Å². The molecule has 0 aliphatic heterocycles. The zero-order valence-electron chi connectivity index (χ0n) is 14.1. The molecule has 3 aromatic rings. The van der Waals surface area contributed by atoms with Crippen LogP contribution in [0.3, 0.4) is 0 Å². The third kappa shape index (κ3) is 4.20. The molecular weight excluding hydrogens is 397 g/mol. The molecule has 26 heavy (non-hydrogen) atoms. The second kappa shape index (κ2) is 7.70. The Hall–Kier alpha value is -2.02. The van der Waals surface area contributed by atoms with Gasteiger partial charge in [-0.05, 0) is 31.5 Å². The maximum atomic E-state index is 12.3. The molecule has 1 amide bonds. The molecule has 0 unspecified atom stereocenters. The first-order chi connectivity index (χ1) is 12.3. The number of hydrogen-bond donors (Lipinski definition) is 1. The Bertz CT molecular complexity index is 946. The fraction of sp³-hybridized carbons (Fsp3) is 0.235. The number of benzene rings is 1. The predicted octanol–water partition coefficient (Wildman–Crippen LogP) is 4.34. The van der Waals surface area contributed by atoms with Crippen LogP contribution in [0.2, 0.25) is 15.1 Å². The molecule has 1 N–H and O–H groups in total. The average Bonchev–Trinajstić information content (AvgIpc) is 3.04. The smallest absolute Gasteiger partial charge is 0.247 e. The van der Waals surface area contributed by atoms with Crippen molar-refractivity contribution >= 4 is 46.5 Å². The van der Waals surface area contributed by atoms with Gasteiger partial charge in [-0.1, -0.05) is 46.9 Å². The Morgan fingerprint density at radius 3 is 2.42 bits per heavy atom. The number of carbonyl (C=O) groups excluding carboxylic acids is 1. The van der Waals surface area contributed by atoms with Crippen LogP contribution >= 0.6 is 34.8 Å². The van der Waals surface area contributed by atoms with E-state index in [1.165, 1.54) is 0 Å². The fourth-order valence-corrected chi connectivity index (χ4v) is 2.94. The highest BCUT2D eigenvalue weighted by atomic mass is 35.5. The molecule has 0 fully saturated rings. The highest BCUT2D eigenvalue weighted by Crippen LogP contribution is 2.22. The number of hydrogen-bond acceptors (Lipinski definition) is 3. The van der Waals surface area contributed by atoms with Crippen LogP contribution in [0.1, 0.15) is 17.0 Å². The van der Waals surface area contributed by atoms with E-state index in [1.54, 1.807) is 22.5 Å². The molecule has 0 bridgehead atoms. The number of nitrogens with zero attached hydrogens (tertiary/aromatic N) is 4. The van der Waals surface area contributed by atoms with Crippen LogP contribution in [-0.4, -0.2) is 25.5 Å². The predicted molar refractivity (Wildman–Crippen MR) is 103 cm³/mol. The number of halogens is 3. The lowest BCUT2D eigenvalue weighted by molar-refractivity contribution is -0.117. The number of nitrogens with one attached hydrogen (secondary N) is 1. The van der Waals surface area contributed by atoms with Gasteiger partial charge in [0.05, 0.1) is 23.0 Å². The van der Waals surface area contributed by atoms with E-state index in [-0.39, 0.29) is 12.5 Å². The molecule has 2 aromatic heterocycles. The van der Waals surface area contributed by atoms with Crippen LogP contribution < -0.4 is 5.32 Å². The molecule has 0 atom stereocenters. The molecule has 2 heterocycles. The van der Waals surface area contributed by atoms with Crippen molar-refractivity contribution in [2.24, 2.45) is 0 Å². The first-order valence-corrected chi connectivity index (χ1v) is 8.93. The van der Waals surface area contributed by atoms with Gasteiger partial charge >= 0.3 is 0 Å². The van der Waals surface area contributed by atoms with E-state index in [1.807, 2.05) is 31.2 Å². The Balaban J connectivity index is 1.68. The second-order valence-corrected chi connectivity index (χ2v) is 7.06. The van der Waals surface area contributed by atoms with Crippen molar-refractivity contribution in [3.8, 4) is 0 Å². The first-order valence-electron chi connectivity index (χ1n) is 7.80. The van der Waals surface area contributed by atoms with Gasteiger partial charge in [0.1, 0.15) is 11.6 Å². The lowest BCUT2D eigenvalue weighted by Gasteiger charge is -2.05. The summed E-state index contributed by atoms with van der Waals surface area (Å²) < 4.78 is 3.20. The Labute approximate surface area is 165 Å². The zero-order valence-corrected chi connectivity index (χ0v) is 16.4. The van der Waals surface area contributed by atoms with Gasteiger partial charge in [0.15, 0.2) is 5.82 Å². The average molecular weight is 413 g/mol. The highest BCUT2D eigenvalue weighted by Gasteiger charge is 2.15. The molecule has 0 saturated heterocycles. The van der Waals surface area contributed by atoms with E-state index in [2.05, 4.69) is 15.5 Å². The van der Waals surface area contributed by atoms with E-state index in [0.717, 1.165) is 11.3 Å². The molecule has 0 spiro atoms. The summed E-state index contributed by atoms with van der Waals surface area (Å²) in [5.41, 5.74) is 2.43. The van der Waals surface area contributed by atoms with E-state index in [0.29, 0.717) is 33.1 Å². The van der Waals surface area contributed by atoms with Crippen molar-refractivity contribution in [1.82, 2.24) is 19.6 Å². The van der Waals surface area contributed by atoms with Crippen molar-refractivity contribution < 1.29 is 4.79 Å². The zero-order chi connectivity index (χ0) is 18.8. The normalized spacial score (nSPS) is 11.0. The summed E-state index contributed by atoms with van der Waals surface area (Å²) >= 11 is 18.2. The van der Waals surface area contributed by atoms with Crippen LogP contribution in [0, 0.1) is 13.8 Å². The standard InChI is InChI=1S/C17H16Cl3N5O/c1-10-16(20)11(2)25(22-10)9-15(26)21-17-14(19)8-24(23-17)7-12-3-5-13(18)6-4-12/h3-6,8H,7,9H2,1-2H3,(H,21,23,26). The molecule has 136 valence electrons. The molecule has 0 saturated carbocycles. The molecular formula is C17H16Cl3N5O. The monoisotopic (exact) mass is 411 g/mol. The van der Waals surface area contributed by atoms with Gasteiger partial charge in [-0.25, -0.2) is 0 Å². The Kier molecular flexibility index (Phi) is 5.55. The third-order valence-electron chi connectivity index (χ3n) is 3.82. The molecule has 0 aliphatic carbocycles. The van der Waals surface area contributed by atoms with Crippen LogP contribution in [0.15, 0.2) is 30.5 Å². The minimum absolute atomic E-state index is 0.0275. The summed E-state index contributed by atoms with van der Waals surface area (Å²) in [6, 6.07) is 7.43. The number of anilines is 1. The number of aryl methyl sites for hydroxylation is 1. The maximum Gasteiger partial charge on any atom is 0.247 e. The number of aromatic nitrogens is 4. The van der Waals surface area contributed by atoms with E-state index < -0.39 is 0 Å². The summed E-state index contributed by atoms with van der Waals surface area (Å²) in [6.45, 7) is 4.14. The summed E-state index contributed by atoms with van der Waals surface area (Å²) in [5.74, 6) is 0.0177. The first kappa shape index (κ1) is 18.8. The van der Waals surface area contributed by atoms with E-state index in [4.69, 9.17) is 34.8 Å². The van der Waals surface area contributed by atoms with Crippen LogP contribution in [0.25, 0.3) is 0 Å². The van der Waals surface area contributed by atoms with Gasteiger partial charge < -0.3 is 5.32 Å². The molecule has 0 aliphatic rings. The lowest BCUT2D eigenvalue weighted by atomic mass is 10.2. The molecule has 6 nitrogen and oxygen atoms in total. The van der Waals surface area contributed by atoms with Crippen LogP contribution in [0.5, 0.6) is 0 Å². The van der Waals surface area contributed by atoms with Gasteiger partial charge in [-0.15, -0.1) is 0 Å². The van der Waals surface area contributed by atoms with Gasteiger partial charge in [0, 0.05) is 11.2 Å². The van der Waals surface area contributed by atoms with Gasteiger partial charge in [-0.3, -0.25) is 14.2 Å². The Morgan fingerprint density at radius 1 is 1.12 bits per heavy atom. The molecule has 3 rings (SSSR count). The highest BCUT2D eigenvalue weighted by molar-refractivity contribution is 6.33. The maximum absolute atomic E-state index is 12.3. The number of rotatable bonds is 5. The quantitative estimate of drug-likeness (QED) is 0.678. The number of amides is 1. The van der Waals surface area contributed by atoms with Crippen molar-refractivity contribution in [3.05, 3.63) is 62.5 Å². The minimum atomic E-state index is -0.286. The molecule has 1 aromatic carbocycles. The summed E-state index contributed by atoms with van der Waals surface area (Å²) in [7, 11) is 0. The number of carbonyl (C=O) groups is 1. The van der Waals surface area contributed by atoms with Gasteiger partial charge in [0.2, 0.25) is 5.91 Å². The second-order valence-electron chi connectivity index (χ2n) is 5.84. The molecule has 0 radical (unpaired) electrons. The lowest BCUT2D eigenvalue weighted by Crippen LogP contribution is -2.21. The van der Waals surface area contributed by atoms with Crippen LogP contribution in [-0.2, 0) is 17.9 Å². The minimum Gasteiger partial charge on any atom is -0.306 e. The van der Waals surface area contributed by atoms with Crippen LogP contribution in [0.4, 0.5) is 5.82 Å². The SMILES string of the molecule is Cc1nn(CC(=O)Nc2nn(Cc3ccc(Cl)cc3)cc2Cl)c(C)c1Cl. The van der Waals surface area contributed by atoms with Crippen molar-refractivity contribution in [1.29, 1.82) is 0 Å². The van der Waals surface area contributed by atoms with Gasteiger partial charge in [0.25, 0.3) is 0 Å². The largest absolute Gasteiger partial charge is 0.306 e. The molecule has 9 heteroatoms.